The first kappa shape index (κ1) is 10.5. The summed E-state index contributed by atoms with van der Waals surface area (Å²) in [7, 11) is 0. The smallest absolute Gasteiger partial charge is 0.306 e. The van der Waals surface area contributed by atoms with Gasteiger partial charge in [0.15, 0.2) is 0 Å². The maximum Gasteiger partial charge on any atom is 0.306 e. The van der Waals surface area contributed by atoms with Crippen LogP contribution in [0.2, 0.25) is 0 Å². The van der Waals surface area contributed by atoms with Crippen molar-refractivity contribution in [2.24, 2.45) is 11.8 Å². The van der Waals surface area contributed by atoms with Crippen molar-refractivity contribution in [1.29, 1.82) is 0 Å². The summed E-state index contributed by atoms with van der Waals surface area (Å²) in [5.74, 6) is -1.06. The lowest BCUT2D eigenvalue weighted by atomic mass is 9.81. The molecular formula is C11H17NO3. The molecular weight excluding hydrogens is 194 g/mol. The molecule has 2 fully saturated rings. The topological polar surface area (TPSA) is 66.4 Å². The third kappa shape index (κ3) is 2.70. The van der Waals surface area contributed by atoms with Crippen LogP contribution in [-0.4, -0.2) is 23.0 Å². The fourth-order valence-corrected chi connectivity index (χ4v) is 2.20. The first-order valence-corrected chi connectivity index (χ1v) is 5.70. The minimum Gasteiger partial charge on any atom is -0.481 e. The van der Waals surface area contributed by atoms with E-state index in [0.29, 0.717) is 12.5 Å². The fraction of sp³-hybridized carbons (Fsp3) is 0.818. The SMILES string of the molecule is O=C(O)C1CCCC(C(=O)NC2CC2)C1. The number of aliphatic carboxylic acids is 1. The van der Waals surface area contributed by atoms with E-state index in [1.807, 2.05) is 0 Å². The molecule has 2 rings (SSSR count). The molecule has 0 radical (unpaired) electrons. The largest absolute Gasteiger partial charge is 0.481 e. The zero-order chi connectivity index (χ0) is 10.8. The van der Waals surface area contributed by atoms with E-state index < -0.39 is 5.97 Å². The van der Waals surface area contributed by atoms with Gasteiger partial charge >= 0.3 is 5.97 Å². The highest BCUT2D eigenvalue weighted by Crippen LogP contribution is 2.30. The number of carbonyl (C=O) groups is 2. The Balaban J connectivity index is 1.85. The van der Waals surface area contributed by atoms with E-state index in [0.717, 1.165) is 32.1 Å². The second-order valence-corrected chi connectivity index (χ2v) is 4.68. The first-order valence-electron chi connectivity index (χ1n) is 5.70. The van der Waals surface area contributed by atoms with E-state index in [1.54, 1.807) is 0 Å². The molecule has 0 bridgehead atoms. The number of amides is 1. The quantitative estimate of drug-likeness (QED) is 0.736. The third-order valence-corrected chi connectivity index (χ3v) is 3.32. The van der Waals surface area contributed by atoms with Gasteiger partial charge in [0, 0.05) is 12.0 Å². The van der Waals surface area contributed by atoms with E-state index >= 15 is 0 Å². The summed E-state index contributed by atoms with van der Waals surface area (Å²) in [4.78, 5) is 22.5. The van der Waals surface area contributed by atoms with Crippen LogP contribution in [0.5, 0.6) is 0 Å². The van der Waals surface area contributed by atoms with E-state index in [1.165, 1.54) is 0 Å². The zero-order valence-electron chi connectivity index (χ0n) is 8.74. The van der Waals surface area contributed by atoms with Crippen LogP contribution in [0.3, 0.4) is 0 Å². The van der Waals surface area contributed by atoms with Crippen LogP contribution < -0.4 is 5.32 Å². The van der Waals surface area contributed by atoms with Crippen LogP contribution in [0, 0.1) is 11.8 Å². The zero-order valence-corrected chi connectivity index (χ0v) is 8.74. The molecule has 0 heterocycles. The summed E-state index contributed by atoms with van der Waals surface area (Å²) in [5, 5.41) is 11.9. The summed E-state index contributed by atoms with van der Waals surface area (Å²) in [5.41, 5.74) is 0. The van der Waals surface area contributed by atoms with E-state index in [-0.39, 0.29) is 17.7 Å². The highest BCUT2D eigenvalue weighted by atomic mass is 16.4. The Morgan fingerprint density at radius 1 is 1.07 bits per heavy atom. The molecule has 4 heteroatoms. The molecule has 2 atom stereocenters. The van der Waals surface area contributed by atoms with Gasteiger partial charge in [-0.2, -0.15) is 0 Å². The summed E-state index contributed by atoms with van der Waals surface area (Å²) < 4.78 is 0. The molecule has 84 valence electrons. The number of rotatable bonds is 3. The molecule has 2 saturated carbocycles. The van der Waals surface area contributed by atoms with Crippen molar-refractivity contribution < 1.29 is 14.7 Å². The Bertz CT molecular complexity index is 273. The summed E-state index contributed by atoms with van der Waals surface area (Å²) in [6, 6.07) is 0.378. The first-order chi connectivity index (χ1) is 7.16. The second-order valence-electron chi connectivity index (χ2n) is 4.68. The van der Waals surface area contributed by atoms with Gasteiger partial charge in [0.1, 0.15) is 0 Å². The van der Waals surface area contributed by atoms with Gasteiger partial charge in [0.05, 0.1) is 5.92 Å². The molecule has 2 aliphatic carbocycles. The Kier molecular flexibility index (Phi) is 2.93. The molecule has 0 spiro atoms. The minimum atomic E-state index is -0.751. The van der Waals surface area contributed by atoms with Gasteiger partial charge in [-0.15, -0.1) is 0 Å². The van der Waals surface area contributed by atoms with Gasteiger partial charge in [-0.25, -0.2) is 0 Å². The van der Waals surface area contributed by atoms with Gasteiger partial charge in [0.25, 0.3) is 0 Å². The second kappa shape index (κ2) is 4.21. The predicted molar refractivity (Wildman–Crippen MR) is 54.2 cm³/mol. The van der Waals surface area contributed by atoms with E-state index in [4.69, 9.17) is 5.11 Å². The number of carbonyl (C=O) groups excluding carboxylic acids is 1. The number of carboxylic acids is 1. The highest BCUT2D eigenvalue weighted by molar-refractivity contribution is 5.80. The van der Waals surface area contributed by atoms with Crippen molar-refractivity contribution in [3.63, 3.8) is 0 Å². The molecule has 0 saturated heterocycles. The van der Waals surface area contributed by atoms with Crippen molar-refractivity contribution >= 4 is 11.9 Å². The Morgan fingerprint density at radius 2 is 1.73 bits per heavy atom. The molecule has 0 aliphatic heterocycles. The standard InChI is InChI=1S/C11H17NO3/c13-10(12-9-4-5-9)7-2-1-3-8(6-7)11(14)15/h7-9H,1-6H2,(H,12,13)(H,14,15). The van der Waals surface area contributed by atoms with Crippen molar-refractivity contribution in [2.45, 2.75) is 44.6 Å². The molecule has 0 aromatic heterocycles. The molecule has 0 aromatic carbocycles. The van der Waals surface area contributed by atoms with Crippen LogP contribution in [0.4, 0.5) is 0 Å². The molecule has 2 N–H and O–H groups in total. The average Bonchev–Trinajstić information content (AvgIpc) is 3.02. The van der Waals surface area contributed by atoms with Crippen LogP contribution in [0.15, 0.2) is 0 Å². The lowest BCUT2D eigenvalue weighted by Crippen LogP contribution is -2.36. The van der Waals surface area contributed by atoms with Gasteiger partial charge in [-0.3, -0.25) is 9.59 Å². The van der Waals surface area contributed by atoms with Crippen LogP contribution >= 0.6 is 0 Å². The lowest BCUT2D eigenvalue weighted by molar-refractivity contribution is -0.144. The maximum atomic E-state index is 11.7. The monoisotopic (exact) mass is 211 g/mol. The molecule has 0 aromatic rings. The highest BCUT2D eigenvalue weighted by Gasteiger charge is 2.33. The fourth-order valence-electron chi connectivity index (χ4n) is 2.20. The van der Waals surface area contributed by atoms with Crippen molar-refractivity contribution in [3.05, 3.63) is 0 Å². The summed E-state index contributed by atoms with van der Waals surface area (Å²) in [6.07, 6.45) is 5.13. The van der Waals surface area contributed by atoms with E-state index in [9.17, 15) is 9.59 Å². The molecule has 4 nitrogen and oxygen atoms in total. The Labute approximate surface area is 89.0 Å². The summed E-state index contributed by atoms with van der Waals surface area (Å²) in [6.45, 7) is 0. The molecule has 2 aliphatic rings. The normalized spacial score (nSPS) is 30.9. The van der Waals surface area contributed by atoms with Gasteiger partial charge in [-0.05, 0) is 32.1 Å². The maximum absolute atomic E-state index is 11.7. The molecule has 1 amide bonds. The van der Waals surface area contributed by atoms with Crippen molar-refractivity contribution in [1.82, 2.24) is 5.32 Å². The van der Waals surface area contributed by atoms with Crippen LogP contribution in [0.25, 0.3) is 0 Å². The molecule has 2 unspecified atom stereocenters. The number of hydrogen-bond donors (Lipinski definition) is 2. The number of hydrogen-bond acceptors (Lipinski definition) is 2. The van der Waals surface area contributed by atoms with Crippen molar-refractivity contribution in [3.8, 4) is 0 Å². The summed E-state index contributed by atoms with van der Waals surface area (Å²) >= 11 is 0. The number of nitrogens with one attached hydrogen (secondary N) is 1. The van der Waals surface area contributed by atoms with Crippen molar-refractivity contribution in [2.75, 3.05) is 0 Å². The lowest BCUT2D eigenvalue weighted by Gasteiger charge is -2.25. The molecule has 15 heavy (non-hydrogen) atoms. The van der Waals surface area contributed by atoms with Crippen LogP contribution in [-0.2, 0) is 9.59 Å². The minimum absolute atomic E-state index is 0.0690. The Hall–Kier alpha value is -1.06. The predicted octanol–water partition coefficient (Wildman–Crippen LogP) is 1.16. The van der Waals surface area contributed by atoms with Gasteiger partial charge in [0.2, 0.25) is 5.91 Å². The third-order valence-electron chi connectivity index (χ3n) is 3.32. The van der Waals surface area contributed by atoms with Gasteiger partial charge in [-0.1, -0.05) is 6.42 Å². The van der Waals surface area contributed by atoms with Crippen LogP contribution in [0.1, 0.15) is 38.5 Å². The van der Waals surface area contributed by atoms with Gasteiger partial charge < -0.3 is 10.4 Å². The number of carboxylic acid groups (broad SMARTS) is 1. The Morgan fingerprint density at radius 3 is 2.33 bits per heavy atom. The van der Waals surface area contributed by atoms with E-state index in [2.05, 4.69) is 5.32 Å². The average molecular weight is 211 g/mol.